The highest BCUT2D eigenvalue weighted by Gasteiger charge is 2.27. The van der Waals surface area contributed by atoms with E-state index in [2.05, 4.69) is 59.9 Å². The summed E-state index contributed by atoms with van der Waals surface area (Å²) in [5.74, 6) is 0. The molecule has 0 bridgehead atoms. The van der Waals surface area contributed by atoms with Crippen molar-refractivity contribution in [1.82, 2.24) is 9.88 Å². The van der Waals surface area contributed by atoms with Crippen molar-refractivity contribution in [1.29, 1.82) is 0 Å². The second-order valence-electron chi connectivity index (χ2n) is 6.12. The molecule has 1 saturated heterocycles. The van der Waals surface area contributed by atoms with Crippen LogP contribution in [0.25, 0.3) is 10.9 Å². The Bertz CT molecular complexity index is 628. The maximum Gasteiger partial charge on any atom is 0.0726 e. The molecule has 0 saturated carbocycles. The number of pyridine rings is 1. The Morgan fingerprint density at radius 1 is 1.19 bits per heavy atom. The Morgan fingerprint density at radius 3 is 2.52 bits per heavy atom. The molecule has 0 radical (unpaired) electrons. The molecule has 1 aliphatic rings. The van der Waals surface area contributed by atoms with E-state index in [1.54, 1.807) is 0 Å². The van der Waals surface area contributed by atoms with Crippen molar-refractivity contribution < 1.29 is 0 Å². The minimum atomic E-state index is 0.483. The summed E-state index contributed by atoms with van der Waals surface area (Å²) in [5.41, 5.74) is 9.10. The largest absolute Gasteiger partial charge is 0.368 e. The first-order chi connectivity index (χ1) is 10.1. The van der Waals surface area contributed by atoms with E-state index in [1.165, 1.54) is 11.1 Å². The predicted octanol–water partition coefficient (Wildman–Crippen LogP) is 2.22. The van der Waals surface area contributed by atoms with Crippen molar-refractivity contribution in [2.45, 2.75) is 32.5 Å². The van der Waals surface area contributed by atoms with Gasteiger partial charge in [0.25, 0.3) is 0 Å². The number of piperazine rings is 1. The number of hydrogen-bond acceptors (Lipinski definition) is 4. The lowest BCUT2D eigenvalue weighted by Gasteiger charge is -2.43. The lowest BCUT2D eigenvalue weighted by Crippen LogP contribution is -2.55. The monoisotopic (exact) mass is 284 g/mol. The van der Waals surface area contributed by atoms with E-state index in [1.807, 2.05) is 6.07 Å². The molecule has 2 aromatic rings. The number of hydrogen-bond donors (Lipinski definition) is 1. The van der Waals surface area contributed by atoms with Crippen LogP contribution in [-0.4, -0.2) is 42.1 Å². The molecular formula is C17H24N4. The summed E-state index contributed by atoms with van der Waals surface area (Å²) < 4.78 is 0. The fraction of sp³-hybridized carbons (Fsp3) is 0.471. The van der Waals surface area contributed by atoms with Gasteiger partial charge in [-0.3, -0.25) is 9.88 Å². The molecule has 2 N–H and O–H groups in total. The van der Waals surface area contributed by atoms with Crippen LogP contribution in [-0.2, 0) is 6.54 Å². The van der Waals surface area contributed by atoms with Gasteiger partial charge in [-0.05, 0) is 33.0 Å². The Labute approximate surface area is 126 Å². The summed E-state index contributed by atoms with van der Waals surface area (Å²) in [6.45, 7) is 7.14. The highest BCUT2D eigenvalue weighted by molar-refractivity contribution is 5.92. The molecule has 1 aliphatic heterocycles. The average Bonchev–Trinajstić information content (AvgIpc) is 2.51. The molecule has 1 fully saturated rings. The Balaban J connectivity index is 2.07. The van der Waals surface area contributed by atoms with E-state index in [4.69, 9.17) is 5.73 Å². The molecule has 4 nitrogen and oxygen atoms in total. The number of benzene rings is 1. The Morgan fingerprint density at radius 2 is 1.86 bits per heavy atom. The maximum absolute atomic E-state index is 5.83. The second-order valence-corrected chi connectivity index (χ2v) is 6.12. The van der Waals surface area contributed by atoms with E-state index in [0.29, 0.717) is 18.6 Å². The van der Waals surface area contributed by atoms with Gasteiger partial charge in [0.2, 0.25) is 0 Å². The summed E-state index contributed by atoms with van der Waals surface area (Å²) in [6, 6.07) is 11.6. The van der Waals surface area contributed by atoms with Gasteiger partial charge in [0.1, 0.15) is 0 Å². The minimum absolute atomic E-state index is 0.483. The number of nitrogens with two attached hydrogens (primary N) is 1. The van der Waals surface area contributed by atoms with Crippen molar-refractivity contribution >= 4 is 16.6 Å². The van der Waals surface area contributed by atoms with Crippen LogP contribution >= 0.6 is 0 Å². The number of rotatable bonds is 2. The number of anilines is 1. The van der Waals surface area contributed by atoms with Crippen molar-refractivity contribution in [2.75, 3.05) is 25.0 Å². The number of nitrogens with zero attached hydrogens (tertiary/aromatic N) is 3. The molecule has 0 aliphatic carbocycles. The number of para-hydroxylation sites is 1. The van der Waals surface area contributed by atoms with Gasteiger partial charge in [-0.2, -0.15) is 0 Å². The zero-order valence-electron chi connectivity index (χ0n) is 13.1. The van der Waals surface area contributed by atoms with Gasteiger partial charge in [0, 0.05) is 42.8 Å². The summed E-state index contributed by atoms with van der Waals surface area (Å²) in [6.07, 6.45) is 0. The highest BCUT2D eigenvalue weighted by Crippen LogP contribution is 2.29. The number of likely N-dealkylation sites (N-methyl/N-ethyl adjacent to an activating group) is 1. The van der Waals surface area contributed by atoms with Gasteiger partial charge in [-0.15, -0.1) is 0 Å². The molecule has 1 aromatic carbocycles. The molecule has 0 amide bonds. The van der Waals surface area contributed by atoms with Crippen LogP contribution in [0.15, 0.2) is 30.3 Å². The number of aromatic nitrogens is 1. The highest BCUT2D eigenvalue weighted by atomic mass is 15.3. The zero-order chi connectivity index (χ0) is 15.0. The Hall–Kier alpha value is -1.65. The zero-order valence-corrected chi connectivity index (χ0v) is 13.1. The first-order valence-corrected chi connectivity index (χ1v) is 7.65. The van der Waals surface area contributed by atoms with Crippen LogP contribution in [0, 0.1) is 0 Å². The van der Waals surface area contributed by atoms with Gasteiger partial charge in [-0.25, -0.2) is 0 Å². The third-order valence-corrected chi connectivity index (χ3v) is 4.66. The van der Waals surface area contributed by atoms with Gasteiger partial charge >= 0.3 is 0 Å². The molecule has 0 spiro atoms. The molecule has 112 valence electrons. The third kappa shape index (κ3) is 2.61. The minimum Gasteiger partial charge on any atom is -0.368 e. The predicted molar refractivity (Wildman–Crippen MR) is 88.5 cm³/mol. The van der Waals surface area contributed by atoms with Gasteiger partial charge in [0.15, 0.2) is 0 Å². The SMILES string of the molecule is CC1CN(c2cc(CN)nc3ccccc23)CC(C)N1C. The fourth-order valence-corrected chi connectivity index (χ4v) is 3.18. The average molecular weight is 284 g/mol. The third-order valence-electron chi connectivity index (χ3n) is 4.66. The van der Waals surface area contributed by atoms with Crippen LogP contribution in [0.2, 0.25) is 0 Å². The molecule has 1 aromatic heterocycles. The topological polar surface area (TPSA) is 45.4 Å². The normalized spacial score (nSPS) is 23.7. The molecule has 3 rings (SSSR count). The van der Waals surface area contributed by atoms with Crippen molar-refractivity contribution in [2.24, 2.45) is 5.73 Å². The molecule has 4 heteroatoms. The molecule has 2 heterocycles. The van der Waals surface area contributed by atoms with Gasteiger partial charge in [-0.1, -0.05) is 18.2 Å². The summed E-state index contributed by atoms with van der Waals surface area (Å²) >= 11 is 0. The standard InChI is InChI=1S/C17H24N4/c1-12-10-21(11-13(2)20(12)3)17-8-14(9-18)19-16-7-5-4-6-15(16)17/h4-8,12-13H,9-11,18H2,1-3H3. The van der Waals surface area contributed by atoms with Gasteiger partial charge in [0.05, 0.1) is 11.2 Å². The van der Waals surface area contributed by atoms with Crippen LogP contribution in [0.1, 0.15) is 19.5 Å². The van der Waals surface area contributed by atoms with E-state index >= 15 is 0 Å². The Kier molecular flexibility index (Phi) is 3.83. The lowest BCUT2D eigenvalue weighted by molar-refractivity contribution is 0.170. The van der Waals surface area contributed by atoms with Crippen molar-refractivity contribution in [3.8, 4) is 0 Å². The van der Waals surface area contributed by atoms with Crippen LogP contribution < -0.4 is 10.6 Å². The number of fused-ring (bicyclic) bond motifs is 1. The molecule has 21 heavy (non-hydrogen) atoms. The van der Waals surface area contributed by atoms with E-state index < -0.39 is 0 Å². The molecule has 2 atom stereocenters. The van der Waals surface area contributed by atoms with Crippen molar-refractivity contribution in [3.63, 3.8) is 0 Å². The second kappa shape index (κ2) is 5.62. The van der Waals surface area contributed by atoms with E-state index in [-0.39, 0.29) is 0 Å². The first kappa shape index (κ1) is 14.3. The van der Waals surface area contributed by atoms with Crippen LogP contribution in [0.4, 0.5) is 5.69 Å². The van der Waals surface area contributed by atoms with Gasteiger partial charge < -0.3 is 10.6 Å². The molecule has 2 unspecified atom stereocenters. The summed E-state index contributed by atoms with van der Waals surface area (Å²) in [5, 5.41) is 1.22. The smallest absolute Gasteiger partial charge is 0.0726 e. The van der Waals surface area contributed by atoms with E-state index in [0.717, 1.165) is 24.3 Å². The quantitative estimate of drug-likeness (QED) is 0.918. The first-order valence-electron chi connectivity index (χ1n) is 7.65. The lowest BCUT2D eigenvalue weighted by atomic mass is 10.1. The van der Waals surface area contributed by atoms with E-state index in [9.17, 15) is 0 Å². The van der Waals surface area contributed by atoms with Crippen LogP contribution in [0.3, 0.4) is 0 Å². The summed E-state index contributed by atoms with van der Waals surface area (Å²) in [7, 11) is 2.21. The summed E-state index contributed by atoms with van der Waals surface area (Å²) in [4.78, 5) is 9.57. The van der Waals surface area contributed by atoms with Crippen molar-refractivity contribution in [3.05, 3.63) is 36.0 Å². The maximum atomic E-state index is 5.83. The fourth-order valence-electron chi connectivity index (χ4n) is 3.18. The molecular weight excluding hydrogens is 260 g/mol. The van der Waals surface area contributed by atoms with Crippen LogP contribution in [0.5, 0.6) is 0 Å².